The van der Waals surface area contributed by atoms with Gasteiger partial charge in [0, 0.05) is 23.8 Å². The summed E-state index contributed by atoms with van der Waals surface area (Å²) in [6.07, 6.45) is 4.30. The lowest BCUT2D eigenvalue weighted by molar-refractivity contribution is -0.117. The van der Waals surface area contributed by atoms with E-state index in [2.05, 4.69) is 15.3 Å². The largest absolute Gasteiger partial charge is 0.324 e. The number of amides is 2. The molecule has 6 nitrogen and oxygen atoms in total. The standard InChI is InChI=1S/C28H25FN4O2/c1-18-14-19(2)16-23(15-18)33(28(35)25-17-30-12-13-31-25)26(24-7-5-4-6-20(24)3)27(34)32-22-10-8-21(29)9-11-22/h4-17,26H,1-3H3,(H,32,34). The number of carbonyl (C=O) groups is 2. The normalized spacial score (nSPS) is 11.5. The Balaban J connectivity index is 1.89. The Morgan fingerprint density at radius 1 is 0.914 bits per heavy atom. The fraction of sp³-hybridized carbons (Fsp3) is 0.143. The number of halogens is 1. The van der Waals surface area contributed by atoms with Crippen molar-refractivity contribution >= 4 is 23.2 Å². The molecule has 0 saturated carbocycles. The molecule has 176 valence electrons. The fourth-order valence-corrected chi connectivity index (χ4v) is 4.04. The highest BCUT2D eigenvalue weighted by atomic mass is 19.1. The van der Waals surface area contributed by atoms with Gasteiger partial charge in [-0.25, -0.2) is 9.37 Å². The lowest BCUT2D eigenvalue weighted by Crippen LogP contribution is -2.42. The van der Waals surface area contributed by atoms with E-state index in [1.165, 1.54) is 47.8 Å². The van der Waals surface area contributed by atoms with Gasteiger partial charge in [0.2, 0.25) is 0 Å². The van der Waals surface area contributed by atoms with Crippen LogP contribution in [-0.2, 0) is 4.79 Å². The summed E-state index contributed by atoms with van der Waals surface area (Å²) in [5.41, 5.74) is 4.47. The smallest absolute Gasteiger partial charge is 0.279 e. The van der Waals surface area contributed by atoms with Crippen molar-refractivity contribution < 1.29 is 14.0 Å². The summed E-state index contributed by atoms with van der Waals surface area (Å²) in [7, 11) is 0. The average Bonchev–Trinajstić information content (AvgIpc) is 2.84. The number of hydrogen-bond donors (Lipinski definition) is 1. The predicted octanol–water partition coefficient (Wildman–Crippen LogP) is 5.57. The molecule has 0 bridgehead atoms. The summed E-state index contributed by atoms with van der Waals surface area (Å²) in [6, 6.07) is 17.6. The Morgan fingerprint density at radius 3 is 2.23 bits per heavy atom. The summed E-state index contributed by atoms with van der Waals surface area (Å²) < 4.78 is 13.4. The number of carbonyl (C=O) groups excluding carboxylic acids is 2. The zero-order chi connectivity index (χ0) is 24.9. The second-order valence-electron chi connectivity index (χ2n) is 8.37. The number of nitrogens with zero attached hydrogens (tertiary/aromatic N) is 3. The molecule has 0 fully saturated rings. The fourth-order valence-electron chi connectivity index (χ4n) is 4.04. The van der Waals surface area contributed by atoms with Gasteiger partial charge in [-0.3, -0.25) is 19.5 Å². The van der Waals surface area contributed by atoms with Gasteiger partial charge in [0.25, 0.3) is 11.8 Å². The van der Waals surface area contributed by atoms with E-state index in [0.717, 1.165) is 16.7 Å². The molecule has 4 rings (SSSR count). The van der Waals surface area contributed by atoms with Crippen molar-refractivity contribution in [3.63, 3.8) is 0 Å². The highest BCUT2D eigenvalue weighted by molar-refractivity contribution is 6.11. The number of aryl methyl sites for hydroxylation is 3. The first kappa shape index (κ1) is 23.8. The molecular formula is C28H25FN4O2. The summed E-state index contributed by atoms with van der Waals surface area (Å²) in [6.45, 7) is 5.76. The lowest BCUT2D eigenvalue weighted by Gasteiger charge is -2.32. The van der Waals surface area contributed by atoms with Crippen LogP contribution in [0.25, 0.3) is 0 Å². The Kier molecular flexibility index (Phi) is 6.96. The van der Waals surface area contributed by atoms with Crippen LogP contribution in [0.3, 0.4) is 0 Å². The van der Waals surface area contributed by atoms with E-state index < -0.39 is 23.7 Å². The number of hydrogen-bond acceptors (Lipinski definition) is 4. The van der Waals surface area contributed by atoms with Crippen molar-refractivity contribution in [2.45, 2.75) is 26.8 Å². The topological polar surface area (TPSA) is 75.2 Å². The van der Waals surface area contributed by atoms with Gasteiger partial charge in [0.05, 0.1) is 6.20 Å². The number of aromatic nitrogens is 2. The Bertz CT molecular complexity index is 1340. The second-order valence-corrected chi connectivity index (χ2v) is 8.37. The van der Waals surface area contributed by atoms with Crippen LogP contribution in [-0.4, -0.2) is 21.8 Å². The quantitative estimate of drug-likeness (QED) is 0.402. The highest BCUT2D eigenvalue weighted by Gasteiger charge is 2.35. The summed E-state index contributed by atoms with van der Waals surface area (Å²) >= 11 is 0. The van der Waals surface area contributed by atoms with Crippen LogP contribution in [0.1, 0.15) is 38.8 Å². The minimum atomic E-state index is -1.03. The molecule has 7 heteroatoms. The third-order valence-corrected chi connectivity index (χ3v) is 5.59. The molecule has 0 aliphatic heterocycles. The molecule has 3 aromatic carbocycles. The SMILES string of the molecule is Cc1cc(C)cc(N(C(=O)c2cnccn2)C(C(=O)Nc2ccc(F)cc2)c2ccccc2C)c1. The van der Waals surface area contributed by atoms with Gasteiger partial charge in [-0.05, 0) is 79.4 Å². The van der Waals surface area contributed by atoms with Gasteiger partial charge in [-0.2, -0.15) is 0 Å². The van der Waals surface area contributed by atoms with Crippen molar-refractivity contribution in [3.8, 4) is 0 Å². The zero-order valence-corrected chi connectivity index (χ0v) is 19.7. The van der Waals surface area contributed by atoms with Crippen molar-refractivity contribution in [2.24, 2.45) is 0 Å². The van der Waals surface area contributed by atoms with E-state index >= 15 is 0 Å². The summed E-state index contributed by atoms with van der Waals surface area (Å²) in [5.74, 6) is -1.32. The third-order valence-electron chi connectivity index (χ3n) is 5.59. The van der Waals surface area contributed by atoms with Crippen LogP contribution in [0.15, 0.2) is 85.3 Å². The summed E-state index contributed by atoms with van der Waals surface area (Å²) in [5, 5.41) is 2.85. The monoisotopic (exact) mass is 468 g/mol. The molecule has 1 heterocycles. The van der Waals surface area contributed by atoms with E-state index in [1.807, 2.05) is 63.2 Å². The lowest BCUT2D eigenvalue weighted by atomic mass is 9.97. The van der Waals surface area contributed by atoms with Crippen LogP contribution in [0, 0.1) is 26.6 Å². The first-order valence-corrected chi connectivity index (χ1v) is 11.1. The maximum Gasteiger partial charge on any atom is 0.279 e. The van der Waals surface area contributed by atoms with Gasteiger partial charge in [0.15, 0.2) is 0 Å². The van der Waals surface area contributed by atoms with Gasteiger partial charge in [-0.1, -0.05) is 30.3 Å². The number of anilines is 2. The van der Waals surface area contributed by atoms with Crippen LogP contribution in [0.2, 0.25) is 0 Å². The van der Waals surface area contributed by atoms with Crippen LogP contribution in [0.4, 0.5) is 15.8 Å². The second kappa shape index (κ2) is 10.3. The van der Waals surface area contributed by atoms with E-state index in [9.17, 15) is 14.0 Å². The van der Waals surface area contributed by atoms with E-state index in [1.54, 1.807) is 0 Å². The molecular weight excluding hydrogens is 443 g/mol. The Morgan fingerprint density at radius 2 is 1.60 bits per heavy atom. The maximum absolute atomic E-state index is 13.9. The highest BCUT2D eigenvalue weighted by Crippen LogP contribution is 2.33. The minimum absolute atomic E-state index is 0.111. The Labute approximate surface area is 203 Å². The number of benzene rings is 3. The first-order valence-electron chi connectivity index (χ1n) is 11.1. The molecule has 1 N–H and O–H groups in total. The predicted molar refractivity (Wildman–Crippen MR) is 134 cm³/mol. The average molecular weight is 469 g/mol. The molecule has 4 aromatic rings. The van der Waals surface area contributed by atoms with Crippen LogP contribution in [0.5, 0.6) is 0 Å². The van der Waals surface area contributed by atoms with Gasteiger partial charge >= 0.3 is 0 Å². The van der Waals surface area contributed by atoms with Gasteiger partial charge in [0.1, 0.15) is 17.6 Å². The molecule has 0 saturated heterocycles. The number of nitrogens with one attached hydrogen (secondary N) is 1. The number of rotatable bonds is 6. The van der Waals surface area contributed by atoms with E-state index in [4.69, 9.17) is 0 Å². The van der Waals surface area contributed by atoms with Crippen molar-refractivity contribution in [2.75, 3.05) is 10.2 Å². The zero-order valence-electron chi connectivity index (χ0n) is 19.7. The molecule has 2 amide bonds. The maximum atomic E-state index is 13.9. The van der Waals surface area contributed by atoms with Crippen LogP contribution < -0.4 is 10.2 Å². The third kappa shape index (κ3) is 5.41. The molecule has 1 aromatic heterocycles. The molecule has 1 unspecified atom stereocenters. The van der Waals surface area contributed by atoms with Crippen molar-refractivity contribution in [1.29, 1.82) is 0 Å². The van der Waals surface area contributed by atoms with Crippen LogP contribution >= 0.6 is 0 Å². The minimum Gasteiger partial charge on any atom is -0.324 e. The Hall–Kier alpha value is -4.39. The molecule has 0 aliphatic carbocycles. The van der Waals surface area contributed by atoms with Gasteiger partial charge < -0.3 is 5.32 Å². The molecule has 0 radical (unpaired) electrons. The van der Waals surface area contributed by atoms with Crippen molar-refractivity contribution in [1.82, 2.24) is 9.97 Å². The molecule has 35 heavy (non-hydrogen) atoms. The summed E-state index contributed by atoms with van der Waals surface area (Å²) in [4.78, 5) is 37.4. The molecule has 0 aliphatic rings. The first-order chi connectivity index (χ1) is 16.8. The molecule has 1 atom stereocenters. The van der Waals surface area contributed by atoms with Gasteiger partial charge in [-0.15, -0.1) is 0 Å². The van der Waals surface area contributed by atoms with E-state index in [-0.39, 0.29) is 5.69 Å². The molecule has 0 spiro atoms. The van der Waals surface area contributed by atoms with Crippen molar-refractivity contribution in [3.05, 3.63) is 119 Å². The van der Waals surface area contributed by atoms with E-state index in [0.29, 0.717) is 16.9 Å².